The molecule has 1 heterocycles. The van der Waals surface area contributed by atoms with Crippen LogP contribution in [-0.4, -0.2) is 45.1 Å². The Morgan fingerprint density at radius 2 is 1.95 bits per heavy atom. The zero-order valence-electron chi connectivity index (χ0n) is 12.0. The molecule has 1 aliphatic rings. The van der Waals surface area contributed by atoms with Gasteiger partial charge in [0.2, 0.25) is 10.0 Å². The van der Waals surface area contributed by atoms with E-state index in [0.29, 0.717) is 17.7 Å². The summed E-state index contributed by atoms with van der Waals surface area (Å²) in [7, 11) is -3.65. The largest absolute Gasteiger partial charge is 0.374 e. The SMILES string of the molecule is Cc1cc(F)cc(C)c1S(=O)(=O)N1CCOC(CN)C1.Cl. The molecule has 0 aliphatic carbocycles. The minimum atomic E-state index is -3.65. The molecule has 0 amide bonds. The third-order valence-electron chi connectivity index (χ3n) is 3.39. The van der Waals surface area contributed by atoms with E-state index in [2.05, 4.69) is 0 Å². The van der Waals surface area contributed by atoms with Crippen LogP contribution < -0.4 is 5.73 Å². The number of hydrogen-bond donors (Lipinski definition) is 1. The second-order valence-corrected chi connectivity index (χ2v) is 6.84. The summed E-state index contributed by atoms with van der Waals surface area (Å²) in [6.45, 7) is 4.31. The van der Waals surface area contributed by atoms with Crippen LogP contribution in [0, 0.1) is 19.7 Å². The highest BCUT2D eigenvalue weighted by Gasteiger charge is 2.32. The molecule has 1 fully saturated rings. The van der Waals surface area contributed by atoms with Crippen LogP contribution in [0.25, 0.3) is 0 Å². The summed E-state index contributed by atoms with van der Waals surface area (Å²) in [6.07, 6.45) is -0.292. The fourth-order valence-corrected chi connectivity index (χ4v) is 4.35. The topological polar surface area (TPSA) is 72.6 Å². The van der Waals surface area contributed by atoms with E-state index in [1.807, 2.05) is 0 Å². The number of morpholine rings is 1. The van der Waals surface area contributed by atoms with Crippen LogP contribution in [0.2, 0.25) is 0 Å². The van der Waals surface area contributed by atoms with Gasteiger partial charge in [0.05, 0.1) is 17.6 Å². The first-order chi connectivity index (χ1) is 9.36. The Labute approximate surface area is 130 Å². The summed E-state index contributed by atoms with van der Waals surface area (Å²) < 4.78 is 45.5. The zero-order chi connectivity index (χ0) is 14.9. The van der Waals surface area contributed by atoms with Gasteiger partial charge in [-0.05, 0) is 37.1 Å². The minimum Gasteiger partial charge on any atom is -0.374 e. The molecule has 0 saturated carbocycles. The molecular formula is C13H20ClFN2O3S. The van der Waals surface area contributed by atoms with Crippen molar-refractivity contribution in [3.05, 3.63) is 29.1 Å². The Kier molecular flexibility index (Phi) is 6.12. The number of benzene rings is 1. The molecule has 2 rings (SSSR count). The molecule has 1 aromatic carbocycles. The lowest BCUT2D eigenvalue weighted by Crippen LogP contribution is -2.48. The third-order valence-corrected chi connectivity index (χ3v) is 5.56. The Balaban J connectivity index is 0.00000220. The lowest BCUT2D eigenvalue weighted by molar-refractivity contribution is 0.00448. The Hall–Kier alpha value is -0.730. The van der Waals surface area contributed by atoms with Crippen molar-refractivity contribution in [2.24, 2.45) is 5.73 Å². The fraction of sp³-hybridized carbons (Fsp3) is 0.538. The lowest BCUT2D eigenvalue weighted by atomic mass is 10.1. The number of sulfonamides is 1. The molecule has 120 valence electrons. The maximum absolute atomic E-state index is 13.3. The van der Waals surface area contributed by atoms with Crippen molar-refractivity contribution >= 4 is 22.4 Å². The smallest absolute Gasteiger partial charge is 0.243 e. The number of halogens is 2. The molecule has 8 heteroatoms. The molecule has 5 nitrogen and oxygen atoms in total. The average molecular weight is 339 g/mol. The summed E-state index contributed by atoms with van der Waals surface area (Å²) in [4.78, 5) is 0.177. The van der Waals surface area contributed by atoms with E-state index in [1.165, 1.54) is 16.4 Å². The monoisotopic (exact) mass is 338 g/mol. The van der Waals surface area contributed by atoms with E-state index in [9.17, 15) is 12.8 Å². The number of rotatable bonds is 3. The minimum absolute atomic E-state index is 0. The van der Waals surface area contributed by atoms with Gasteiger partial charge in [0.15, 0.2) is 0 Å². The highest BCUT2D eigenvalue weighted by atomic mass is 35.5. The summed E-state index contributed by atoms with van der Waals surface area (Å²) in [6, 6.07) is 2.47. The molecule has 2 N–H and O–H groups in total. The van der Waals surface area contributed by atoms with Crippen LogP contribution in [0.5, 0.6) is 0 Å². The van der Waals surface area contributed by atoms with Crippen molar-refractivity contribution < 1.29 is 17.5 Å². The van der Waals surface area contributed by atoms with Crippen LogP contribution in [0.1, 0.15) is 11.1 Å². The summed E-state index contributed by atoms with van der Waals surface area (Å²) in [5.74, 6) is -0.430. The average Bonchev–Trinajstić information content (AvgIpc) is 2.37. The molecule has 1 aliphatic heterocycles. The van der Waals surface area contributed by atoms with Gasteiger partial charge in [0.25, 0.3) is 0 Å². The van der Waals surface area contributed by atoms with Crippen LogP contribution in [0.3, 0.4) is 0 Å². The van der Waals surface area contributed by atoms with Gasteiger partial charge >= 0.3 is 0 Å². The van der Waals surface area contributed by atoms with Crippen LogP contribution in [0.4, 0.5) is 4.39 Å². The summed E-state index contributed by atoms with van der Waals surface area (Å²) >= 11 is 0. The highest BCUT2D eigenvalue weighted by molar-refractivity contribution is 7.89. The highest BCUT2D eigenvalue weighted by Crippen LogP contribution is 2.26. The molecule has 0 aromatic heterocycles. The van der Waals surface area contributed by atoms with Crippen molar-refractivity contribution in [2.75, 3.05) is 26.2 Å². The van der Waals surface area contributed by atoms with Crippen molar-refractivity contribution in [2.45, 2.75) is 24.8 Å². The van der Waals surface area contributed by atoms with Gasteiger partial charge in [0.1, 0.15) is 5.82 Å². The van der Waals surface area contributed by atoms with Crippen molar-refractivity contribution in [3.63, 3.8) is 0 Å². The quantitative estimate of drug-likeness (QED) is 0.899. The molecule has 0 bridgehead atoms. The van der Waals surface area contributed by atoms with E-state index in [0.717, 1.165) is 0 Å². The predicted molar refractivity (Wildman–Crippen MR) is 80.7 cm³/mol. The van der Waals surface area contributed by atoms with E-state index in [1.54, 1.807) is 13.8 Å². The van der Waals surface area contributed by atoms with Gasteiger partial charge in [-0.2, -0.15) is 4.31 Å². The van der Waals surface area contributed by atoms with Gasteiger partial charge in [-0.15, -0.1) is 12.4 Å². The predicted octanol–water partition coefficient (Wildman–Crippen LogP) is 1.21. The first-order valence-corrected chi connectivity index (χ1v) is 7.89. The molecule has 1 unspecified atom stereocenters. The molecule has 21 heavy (non-hydrogen) atoms. The number of nitrogens with two attached hydrogens (primary N) is 1. The fourth-order valence-electron chi connectivity index (χ4n) is 2.49. The van der Waals surface area contributed by atoms with E-state index in [4.69, 9.17) is 10.5 Å². The number of nitrogens with zero attached hydrogens (tertiary/aromatic N) is 1. The maximum Gasteiger partial charge on any atom is 0.243 e. The van der Waals surface area contributed by atoms with Gasteiger partial charge in [0, 0.05) is 19.6 Å². The Bertz CT molecular complexity index is 586. The van der Waals surface area contributed by atoms with E-state index >= 15 is 0 Å². The second kappa shape index (κ2) is 7.02. The van der Waals surface area contributed by atoms with Crippen LogP contribution >= 0.6 is 12.4 Å². The molecule has 0 spiro atoms. The van der Waals surface area contributed by atoms with Crippen molar-refractivity contribution in [1.29, 1.82) is 0 Å². The number of hydrogen-bond acceptors (Lipinski definition) is 4. The molecule has 0 radical (unpaired) electrons. The van der Waals surface area contributed by atoms with Crippen molar-refractivity contribution in [3.8, 4) is 0 Å². The summed E-state index contributed by atoms with van der Waals surface area (Å²) in [5.41, 5.74) is 6.36. The Morgan fingerprint density at radius 3 is 2.48 bits per heavy atom. The summed E-state index contributed by atoms with van der Waals surface area (Å²) in [5, 5.41) is 0. The second-order valence-electron chi connectivity index (χ2n) is 4.96. The van der Waals surface area contributed by atoms with Gasteiger partial charge in [-0.25, -0.2) is 12.8 Å². The number of ether oxygens (including phenoxy) is 1. The van der Waals surface area contributed by atoms with Crippen LogP contribution in [0.15, 0.2) is 17.0 Å². The zero-order valence-corrected chi connectivity index (χ0v) is 13.6. The van der Waals surface area contributed by atoms with E-state index < -0.39 is 15.8 Å². The van der Waals surface area contributed by atoms with Crippen LogP contribution in [-0.2, 0) is 14.8 Å². The first kappa shape index (κ1) is 18.3. The number of aryl methyl sites for hydroxylation is 2. The van der Waals surface area contributed by atoms with Gasteiger partial charge in [-0.1, -0.05) is 0 Å². The molecular weight excluding hydrogens is 319 g/mol. The Morgan fingerprint density at radius 1 is 1.38 bits per heavy atom. The first-order valence-electron chi connectivity index (χ1n) is 6.45. The van der Waals surface area contributed by atoms with E-state index in [-0.39, 0.29) is 43.0 Å². The molecule has 1 saturated heterocycles. The lowest BCUT2D eigenvalue weighted by Gasteiger charge is -2.32. The van der Waals surface area contributed by atoms with Gasteiger partial charge < -0.3 is 10.5 Å². The maximum atomic E-state index is 13.3. The standard InChI is InChI=1S/C13H19FN2O3S.ClH/c1-9-5-11(14)6-10(2)13(9)20(17,18)16-3-4-19-12(7-15)8-16;/h5-6,12H,3-4,7-8,15H2,1-2H3;1H. The molecule has 1 atom stereocenters. The molecule has 1 aromatic rings. The van der Waals surface area contributed by atoms with Crippen molar-refractivity contribution in [1.82, 2.24) is 4.31 Å². The normalized spacial score (nSPS) is 20.1. The third kappa shape index (κ3) is 3.73. The van der Waals surface area contributed by atoms with Gasteiger partial charge in [-0.3, -0.25) is 0 Å².